The number of nitrogens with zero attached hydrogens (tertiary/aromatic N) is 2. The summed E-state index contributed by atoms with van der Waals surface area (Å²) in [5, 5.41) is 10.9. The van der Waals surface area contributed by atoms with Gasteiger partial charge in [0.05, 0.1) is 0 Å². The third kappa shape index (κ3) is 3.66. The molecule has 4 aromatic rings. The molecule has 5 rings (SSSR count). The summed E-state index contributed by atoms with van der Waals surface area (Å²) in [5.74, 6) is 2.93. The Hall–Kier alpha value is -3.61. The molecule has 2 aromatic heterocycles. The van der Waals surface area contributed by atoms with Crippen LogP contribution in [-0.4, -0.2) is 27.7 Å². The number of amides is 1. The van der Waals surface area contributed by atoms with Gasteiger partial charge >= 0.3 is 0 Å². The number of ether oxygens (including phenoxy) is 1. The molecule has 0 bridgehead atoms. The number of aryl methyl sites for hydroxylation is 3. The monoisotopic (exact) mass is 402 g/mol. The molecule has 1 aliphatic carbocycles. The quantitative estimate of drug-likeness (QED) is 0.515. The molecule has 0 saturated heterocycles. The Morgan fingerprint density at radius 3 is 2.80 bits per heavy atom. The molecule has 7 nitrogen and oxygen atoms in total. The smallest absolute Gasteiger partial charge is 0.262 e. The third-order valence-corrected chi connectivity index (χ3v) is 5.32. The van der Waals surface area contributed by atoms with Crippen molar-refractivity contribution < 1.29 is 13.9 Å². The number of rotatable bonds is 5. The maximum Gasteiger partial charge on any atom is 0.262 e. The third-order valence-electron chi connectivity index (χ3n) is 5.32. The molecule has 2 aromatic carbocycles. The maximum atomic E-state index is 12.3. The molecule has 0 fully saturated rings. The summed E-state index contributed by atoms with van der Waals surface area (Å²) >= 11 is 0. The number of fused-ring (bicyclic) bond motifs is 3. The lowest BCUT2D eigenvalue weighted by Gasteiger charge is -2.09. The van der Waals surface area contributed by atoms with Gasteiger partial charge in [0.15, 0.2) is 12.4 Å². The molecule has 2 heterocycles. The SMILES string of the molecule is Cc1nc(-c2ccc(NC(=O)COc3ccc4oc5c(c4c3)CCCC5)cc2)n[nH]1. The highest BCUT2D eigenvalue weighted by molar-refractivity contribution is 5.92. The second-order valence-corrected chi connectivity index (χ2v) is 7.53. The lowest BCUT2D eigenvalue weighted by molar-refractivity contribution is -0.118. The van der Waals surface area contributed by atoms with Crippen LogP contribution < -0.4 is 10.1 Å². The Labute approximate surface area is 173 Å². The van der Waals surface area contributed by atoms with Gasteiger partial charge in [-0.1, -0.05) is 0 Å². The Morgan fingerprint density at radius 1 is 1.17 bits per heavy atom. The van der Waals surface area contributed by atoms with Crippen LogP contribution in [0.15, 0.2) is 46.9 Å². The van der Waals surface area contributed by atoms with Gasteiger partial charge in [0.1, 0.15) is 22.9 Å². The van der Waals surface area contributed by atoms with Crippen molar-refractivity contribution in [2.24, 2.45) is 0 Å². The summed E-state index contributed by atoms with van der Waals surface area (Å²) in [6, 6.07) is 13.1. The maximum absolute atomic E-state index is 12.3. The van der Waals surface area contributed by atoms with Crippen LogP contribution in [-0.2, 0) is 17.6 Å². The van der Waals surface area contributed by atoms with E-state index in [1.54, 1.807) is 0 Å². The Bertz CT molecular complexity index is 1210. The largest absolute Gasteiger partial charge is 0.484 e. The molecular weight excluding hydrogens is 380 g/mol. The van der Waals surface area contributed by atoms with E-state index in [0.717, 1.165) is 41.0 Å². The van der Waals surface area contributed by atoms with E-state index in [2.05, 4.69) is 20.5 Å². The van der Waals surface area contributed by atoms with Gasteiger partial charge in [-0.25, -0.2) is 4.98 Å². The number of carbonyl (C=O) groups excluding carboxylic acids is 1. The fraction of sp³-hybridized carbons (Fsp3) is 0.261. The van der Waals surface area contributed by atoms with Gasteiger partial charge < -0.3 is 14.5 Å². The zero-order valence-corrected chi connectivity index (χ0v) is 16.7. The van der Waals surface area contributed by atoms with Crippen molar-refractivity contribution in [1.82, 2.24) is 15.2 Å². The van der Waals surface area contributed by atoms with Gasteiger partial charge in [0, 0.05) is 28.6 Å². The standard InChI is InChI=1S/C23H22N4O3/c1-14-24-23(27-26-14)15-6-8-16(9-7-15)25-22(28)13-29-17-10-11-21-19(12-17)18-4-2-3-5-20(18)30-21/h6-12H,2-5,13H2,1H3,(H,25,28)(H,24,26,27). The van der Waals surface area contributed by atoms with Crippen LogP contribution in [0.1, 0.15) is 30.0 Å². The summed E-state index contributed by atoms with van der Waals surface area (Å²) in [5.41, 5.74) is 3.75. The molecule has 7 heteroatoms. The number of aromatic amines is 1. The van der Waals surface area contributed by atoms with E-state index in [1.165, 1.54) is 18.4 Å². The first kappa shape index (κ1) is 18.4. The highest BCUT2D eigenvalue weighted by Gasteiger charge is 2.18. The number of hydrogen-bond donors (Lipinski definition) is 2. The lowest BCUT2D eigenvalue weighted by atomic mass is 9.96. The minimum Gasteiger partial charge on any atom is -0.484 e. The number of benzene rings is 2. The van der Waals surface area contributed by atoms with Gasteiger partial charge in [-0.15, -0.1) is 0 Å². The van der Waals surface area contributed by atoms with Crippen LogP contribution in [0, 0.1) is 6.92 Å². The molecule has 0 aliphatic heterocycles. The number of nitrogens with one attached hydrogen (secondary N) is 2. The first-order valence-electron chi connectivity index (χ1n) is 10.1. The number of hydrogen-bond acceptors (Lipinski definition) is 5. The van der Waals surface area contributed by atoms with Crippen LogP contribution in [0.5, 0.6) is 5.75 Å². The Kier molecular flexibility index (Phi) is 4.71. The van der Waals surface area contributed by atoms with Crippen LogP contribution in [0.4, 0.5) is 5.69 Å². The number of carbonyl (C=O) groups is 1. The van der Waals surface area contributed by atoms with Crippen LogP contribution in [0.25, 0.3) is 22.4 Å². The predicted octanol–water partition coefficient (Wildman–Crippen LogP) is 4.42. The molecular formula is C23H22N4O3. The summed E-state index contributed by atoms with van der Waals surface area (Å²) in [7, 11) is 0. The highest BCUT2D eigenvalue weighted by Crippen LogP contribution is 2.33. The normalized spacial score (nSPS) is 13.2. The van der Waals surface area contributed by atoms with E-state index in [1.807, 2.05) is 49.4 Å². The molecule has 0 radical (unpaired) electrons. The van der Waals surface area contributed by atoms with Crippen molar-refractivity contribution in [3.63, 3.8) is 0 Å². The first-order valence-corrected chi connectivity index (χ1v) is 10.1. The Morgan fingerprint density at radius 2 is 2.00 bits per heavy atom. The summed E-state index contributed by atoms with van der Waals surface area (Å²) < 4.78 is 11.7. The van der Waals surface area contributed by atoms with Crippen molar-refractivity contribution in [3.05, 3.63) is 59.6 Å². The highest BCUT2D eigenvalue weighted by atomic mass is 16.5. The van der Waals surface area contributed by atoms with Crippen molar-refractivity contribution >= 4 is 22.6 Å². The van der Waals surface area contributed by atoms with Gasteiger partial charge in [-0.05, 0) is 68.7 Å². The molecule has 1 aliphatic rings. The first-order chi connectivity index (χ1) is 14.7. The average molecular weight is 402 g/mol. The summed E-state index contributed by atoms with van der Waals surface area (Å²) in [6.07, 6.45) is 4.39. The predicted molar refractivity (Wildman–Crippen MR) is 114 cm³/mol. The topological polar surface area (TPSA) is 93.0 Å². The van der Waals surface area contributed by atoms with Gasteiger partial charge in [0.2, 0.25) is 0 Å². The average Bonchev–Trinajstić information content (AvgIpc) is 3.36. The van der Waals surface area contributed by atoms with E-state index < -0.39 is 0 Å². The van der Waals surface area contributed by atoms with Crippen molar-refractivity contribution in [2.45, 2.75) is 32.6 Å². The zero-order valence-electron chi connectivity index (χ0n) is 16.7. The molecule has 0 atom stereocenters. The van der Waals surface area contributed by atoms with E-state index in [4.69, 9.17) is 9.15 Å². The molecule has 0 spiro atoms. The number of anilines is 1. The lowest BCUT2D eigenvalue weighted by Crippen LogP contribution is -2.20. The van der Waals surface area contributed by atoms with E-state index in [-0.39, 0.29) is 12.5 Å². The zero-order chi connectivity index (χ0) is 20.5. The van der Waals surface area contributed by atoms with Crippen molar-refractivity contribution in [1.29, 1.82) is 0 Å². The van der Waals surface area contributed by atoms with E-state index in [0.29, 0.717) is 17.3 Å². The van der Waals surface area contributed by atoms with E-state index in [9.17, 15) is 4.79 Å². The number of H-pyrrole nitrogens is 1. The van der Waals surface area contributed by atoms with Crippen molar-refractivity contribution in [2.75, 3.05) is 11.9 Å². The molecule has 0 saturated carbocycles. The molecule has 0 unspecified atom stereocenters. The second-order valence-electron chi connectivity index (χ2n) is 7.53. The van der Waals surface area contributed by atoms with Gasteiger partial charge in [-0.2, -0.15) is 5.10 Å². The van der Waals surface area contributed by atoms with Crippen molar-refractivity contribution in [3.8, 4) is 17.1 Å². The van der Waals surface area contributed by atoms with Crippen LogP contribution in [0.2, 0.25) is 0 Å². The Balaban J connectivity index is 1.22. The summed E-state index contributed by atoms with van der Waals surface area (Å²) in [6.45, 7) is 1.79. The fourth-order valence-corrected chi connectivity index (χ4v) is 3.85. The van der Waals surface area contributed by atoms with Crippen LogP contribution in [0.3, 0.4) is 0 Å². The second kappa shape index (κ2) is 7.67. The molecule has 2 N–H and O–H groups in total. The minimum atomic E-state index is -0.217. The minimum absolute atomic E-state index is 0.0621. The molecule has 1 amide bonds. The van der Waals surface area contributed by atoms with Gasteiger partial charge in [0.25, 0.3) is 5.91 Å². The van der Waals surface area contributed by atoms with Crippen LogP contribution >= 0.6 is 0 Å². The fourth-order valence-electron chi connectivity index (χ4n) is 3.85. The molecule has 30 heavy (non-hydrogen) atoms. The van der Waals surface area contributed by atoms with Gasteiger partial charge in [-0.3, -0.25) is 9.89 Å². The number of aromatic nitrogens is 3. The summed E-state index contributed by atoms with van der Waals surface area (Å²) in [4.78, 5) is 16.6. The van der Waals surface area contributed by atoms with E-state index >= 15 is 0 Å². The number of furan rings is 1. The molecule has 152 valence electrons.